The van der Waals surface area contributed by atoms with E-state index >= 15 is 0 Å². The summed E-state index contributed by atoms with van der Waals surface area (Å²) < 4.78 is 0. The van der Waals surface area contributed by atoms with Crippen molar-refractivity contribution in [1.29, 1.82) is 0 Å². The first-order valence-corrected chi connectivity index (χ1v) is 5.06. The van der Waals surface area contributed by atoms with Crippen molar-refractivity contribution >= 4 is 5.91 Å². The van der Waals surface area contributed by atoms with Crippen LogP contribution in [0.4, 0.5) is 0 Å². The summed E-state index contributed by atoms with van der Waals surface area (Å²) in [6.45, 7) is 7.30. The molecule has 1 heterocycles. The molecule has 0 saturated carbocycles. The number of hydrogen-bond donors (Lipinski definition) is 1. The van der Waals surface area contributed by atoms with E-state index in [0.717, 1.165) is 13.1 Å². The van der Waals surface area contributed by atoms with Gasteiger partial charge in [-0.3, -0.25) is 9.69 Å². The van der Waals surface area contributed by atoms with Crippen molar-refractivity contribution in [3.63, 3.8) is 0 Å². The molecule has 1 aliphatic heterocycles. The highest BCUT2D eigenvalue weighted by Crippen LogP contribution is 2.21. The summed E-state index contributed by atoms with van der Waals surface area (Å²) in [4.78, 5) is 13.5. The highest BCUT2D eigenvalue weighted by molar-refractivity contribution is 5.78. The second-order valence-electron chi connectivity index (χ2n) is 4.13. The molecule has 1 aliphatic rings. The third-order valence-corrected chi connectivity index (χ3v) is 2.82. The van der Waals surface area contributed by atoms with Gasteiger partial charge in [-0.25, -0.2) is 0 Å². The topological polar surface area (TPSA) is 32.3 Å². The van der Waals surface area contributed by atoms with Gasteiger partial charge in [-0.2, -0.15) is 0 Å². The maximum atomic E-state index is 11.3. The van der Waals surface area contributed by atoms with Gasteiger partial charge in [0, 0.05) is 13.1 Å². The second kappa shape index (κ2) is 5.02. The Morgan fingerprint density at radius 2 is 2.07 bits per heavy atom. The first-order chi connectivity index (χ1) is 6.63. The summed E-state index contributed by atoms with van der Waals surface area (Å²) in [6, 6.07) is 0. The summed E-state index contributed by atoms with van der Waals surface area (Å²) in [5.74, 6) is 3.80. The Labute approximate surface area is 85.9 Å². The molecule has 0 aromatic heterocycles. The molecule has 0 aromatic carbocycles. The molecule has 1 amide bonds. The van der Waals surface area contributed by atoms with Crippen LogP contribution in [0.25, 0.3) is 0 Å². The SMILES string of the molecule is C#CCNC(=O)CN1CC(C)C(C)C1. The molecule has 1 fully saturated rings. The predicted octanol–water partition coefficient (Wildman–Crippen LogP) is 0.324. The summed E-state index contributed by atoms with van der Waals surface area (Å²) in [6.07, 6.45) is 5.05. The van der Waals surface area contributed by atoms with Crippen LogP contribution in [0, 0.1) is 24.2 Å². The minimum atomic E-state index is 0.0317. The van der Waals surface area contributed by atoms with Gasteiger partial charge in [0.1, 0.15) is 0 Å². The molecule has 14 heavy (non-hydrogen) atoms. The average molecular weight is 194 g/mol. The molecule has 0 aromatic rings. The molecule has 3 nitrogen and oxygen atoms in total. The second-order valence-corrected chi connectivity index (χ2v) is 4.13. The van der Waals surface area contributed by atoms with Gasteiger partial charge >= 0.3 is 0 Å². The fourth-order valence-electron chi connectivity index (χ4n) is 1.79. The van der Waals surface area contributed by atoms with Crippen LogP contribution in [0.5, 0.6) is 0 Å². The van der Waals surface area contributed by atoms with Gasteiger partial charge in [0.15, 0.2) is 0 Å². The van der Waals surface area contributed by atoms with Crippen LogP contribution in [0.3, 0.4) is 0 Å². The zero-order chi connectivity index (χ0) is 10.6. The number of hydrogen-bond acceptors (Lipinski definition) is 2. The quantitative estimate of drug-likeness (QED) is 0.656. The van der Waals surface area contributed by atoms with Crippen molar-refractivity contribution < 1.29 is 4.79 Å². The van der Waals surface area contributed by atoms with Crippen LogP contribution >= 0.6 is 0 Å². The number of carbonyl (C=O) groups excluding carboxylic acids is 1. The summed E-state index contributed by atoms with van der Waals surface area (Å²) in [5, 5.41) is 2.67. The molecule has 1 N–H and O–H groups in total. The maximum absolute atomic E-state index is 11.3. The molecule has 2 unspecified atom stereocenters. The Balaban J connectivity index is 2.26. The lowest BCUT2D eigenvalue weighted by Crippen LogP contribution is -2.36. The Bertz CT molecular complexity index is 234. The van der Waals surface area contributed by atoms with Crippen LogP contribution < -0.4 is 5.32 Å². The number of nitrogens with one attached hydrogen (secondary N) is 1. The van der Waals surface area contributed by atoms with Crippen molar-refractivity contribution in [1.82, 2.24) is 10.2 Å². The number of carbonyl (C=O) groups is 1. The molecule has 2 atom stereocenters. The van der Waals surface area contributed by atoms with Crippen molar-refractivity contribution in [3.05, 3.63) is 0 Å². The van der Waals surface area contributed by atoms with Gasteiger partial charge in [0.05, 0.1) is 13.1 Å². The van der Waals surface area contributed by atoms with Crippen molar-refractivity contribution in [2.75, 3.05) is 26.2 Å². The van der Waals surface area contributed by atoms with Gasteiger partial charge in [-0.1, -0.05) is 19.8 Å². The van der Waals surface area contributed by atoms with E-state index in [2.05, 4.69) is 30.0 Å². The van der Waals surface area contributed by atoms with E-state index in [1.165, 1.54) is 0 Å². The van der Waals surface area contributed by atoms with Gasteiger partial charge in [-0.15, -0.1) is 6.42 Å². The molecule has 1 saturated heterocycles. The first-order valence-electron chi connectivity index (χ1n) is 5.06. The highest BCUT2D eigenvalue weighted by Gasteiger charge is 2.26. The fraction of sp³-hybridized carbons (Fsp3) is 0.727. The Morgan fingerprint density at radius 1 is 1.50 bits per heavy atom. The van der Waals surface area contributed by atoms with Gasteiger partial charge < -0.3 is 5.32 Å². The average Bonchev–Trinajstić information content (AvgIpc) is 2.42. The highest BCUT2D eigenvalue weighted by atomic mass is 16.2. The van der Waals surface area contributed by atoms with Crippen molar-refractivity contribution in [2.45, 2.75) is 13.8 Å². The fourth-order valence-corrected chi connectivity index (χ4v) is 1.79. The van der Waals surface area contributed by atoms with E-state index in [4.69, 9.17) is 6.42 Å². The van der Waals surface area contributed by atoms with Crippen LogP contribution in [-0.2, 0) is 4.79 Å². The third kappa shape index (κ3) is 3.04. The van der Waals surface area contributed by atoms with E-state index in [0.29, 0.717) is 24.9 Å². The molecule has 0 spiro atoms. The lowest BCUT2D eigenvalue weighted by Gasteiger charge is -2.13. The van der Waals surface area contributed by atoms with Crippen molar-refractivity contribution in [2.24, 2.45) is 11.8 Å². The van der Waals surface area contributed by atoms with Crippen molar-refractivity contribution in [3.8, 4) is 12.3 Å². The minimum absolute atomic E-state index is 0.0317. The summed E-state index contributed by atoms with van der Waals surface area (Å²) in [5.41, 5.74) is 0. The lowest BCUT2D eigenvalue weighted by molar-refractivity contribution is -0.121. The smallest absolute Gasteiger partial charge is 0.234 e. The van der Waals surface area contributed by atoms with Crippen LogP contribution in [0.15, 0.2) is 0 Å². The Kier molecular flexibility index (Phi) is 3.97. The number of likely N-dealkylation sites (tertiary alicyclic amines) is 1. The zero-order valence-electron chi connectivity index (χ0n) is 8.92. The van der Waals surface area contributed by atoms with Gasteiger partial charge in [0.25, 0.3) is 0 Å². The standard InChI is InChI=1S/C11H18N2O/c1-4-5-12-11(14)8-13-6-9(2)10(3)7-13/h1,9-10H,5-8H2,2-3H3,(H,12,14). The van der Waals surface area contributed by atoms with E-state index < -0.39 is 0 Å². The summed E-state index contributed by atoms with van der Waals surface area (Å²) in [7, 11) is 0. The molecule has 1 rings (SSSR count). The first kappa shape index (κ1) is 11.1. The van der Waals surface area contributed by atoms with Crippen LogP contribution in [0.2, 0.25) is 0 Å². The van der Waals surface area contributed by atoms with Gasteiger partial charge in [0.2, 0.25) is 5.91 Å². The molecule has 0 bridgehead atoms. The Morgan fingerprint density at radius 3 is 2.57 bits per heavy atom. The monoisotopic (exact) mass is 194 g/mol. The van der Waals surface area contributed by atoms with Crippen LogP contribution in [-0.4, -0.2) is 37.0 Å². The van der Waals surface area contributed by atoms with E-state index in [9.17, 15) is 4.79 Å². The molecule has 3 heteroatoms. The Hall–Kier alpha value is -1.01. The van der Waals surface area contributed by atoms with Gasteiger partial charge in [-0.05, 0) is 11.8 Å². The zero-order valence-corrected chi connectivity index (χ0v) is 8.92. The minimum Gasteiger partial charge on any atom is -0.344 e. The number of nitrogens with zero attached hydrogens (tertiary/aromatic N) is 1. The maximum Gasteiger partial charge on any atom is 0.234 e. The molecule has 0 aliphatic carbocycles. The molecular formula is C11H18N2O. The largest absolute Gasteiger partial charge is 0.344 e. The number of rotatable bonds is 3. The molecule has 0 radical (unpaired) electrons. The normalized spacial score (nSPS) is 27.2. The lowest BCUT2D eigenvalue weighted by atomic mass is 10.0. The third-order valence-electron chi connectivity index (χ3n) is 2.82. The predicted molar refractivity (Wildman–Crippen MR) is 56.6 cm³/mol. The molecule has 78 valence electrons. The summed E-state index contributed by atoms with van der Waals surface area (Å²) >= 11 is 0. The van der Waals surface area contributed by atoms with Crippen LogP contribution in [0.1, 0.15) is 13.8 Å². The van der Waals surface area contributed by atoms with E-state index in [1.54, 1.807) is 0 Å². The number of terminal acetylenes is 1. The number of amides is 1. The molecular weight excluding hydrogens is 176 g/mol. The van der Waals surface area contributed by atoms with E-state index in [1.807, 2.05) is 0 Å². The van der Waals surface area contributed by atoms with E-state index in [-0.39, 0.29) is 5.91 Å².